The molecule has 1 fully saturated rings. The number of carbonyl (C=O) groups excluding carboxylic acids is 1. The van der Waals surface area contributed by atoms with Gasteiger partial charge in [0.25, 0.3) is 6.43 Å². The molecule has 0 spiro atoms. The summed E-state index contributed by atoms with van der Waals surface area (Å²) in [6.45, 7) is 2.25. The molecular weight excluding hydrogens is 242 g/mol. The van der Waals surface area contributed by atoms with Crippen molar-refractivity contribution in [3.05, 3.63) is 18.1 Å². The molecule has 98 valence electrons. The SMILES string of the molecule is Cc1nccnc1N1CC(C(=O)NCC(F)F)C1. The fourth-order valence-electron chi connectivity index (χ4n) is 1.85. The summed E-state index contributed by atoms with van der Waals surface area (Å²) >= 11 is 0. The predicted octanol–water partition coefficient (Wildman–Crippen LogP) is 0.603. The van der Waals surface area contributed by atoms with E-state index >= 15 is 0 Å². The summed E-state index contributed by atoms with van der Waals surface area (Å²) in [6.07, 6.45) is 0.685. The lowest BCUT2D eigenvalue weighted by Gasteiger charge is -2.39. The molecule has 2 rings (SSSR count). The molecule has 7 heteroatoms. The highest BCUT2D eigenvalue weighted by Gasteiger charge is 2.34. The van der Waals surface area contributed by atoms with Crippen molar-refractivity contribution >= 4 is 11.7 Å². The third-order valence-corrected chi connectivity index (χ3v) is 2.84. The average molecular weight is 256 g/mol. The van der Waals surface area contributed by atoms with Gasteiger partial charge in [-0.1, -0.05) is 0 Å². The summed E-state index contributed by atoms with van der Waals surface area (Å²) in [5.41, 5.74) is 0.795. The van der Waals surface area contributed by atoms with Crippen molar-refractivity contribution in [2.24, 2.45) is 5.92 Å². The van der Waals surface area contributed by atoms with Crippen molar-refractivity contribution in [3.63, 3.8) is 0 Å². The Bertz CT molecular complexity index is 435. The van der Waals surface area contributed by atoms with Crippen LogP contribution in [0.1, 0.15) is 5.69 Å². The van der Waals surface area contributed by atoms with Crippen molar-refractivity contribution < 1.29 is 13.6 Å². The van der Waals surface area contributed by atoms with E-state index in [2.05, 4.69) is 15.3 Å². The number of nitrogens with one attached hydrogen (secondary N) is 1. The summed E-state index contributed by atoms with van der Waals surface area (Å²) < 4.78 is 23.9. The van der Waals surface area contributed by atoms with Gasteiger partial charge in [0.05, 0.1) is 18.2 Å². The lowest BCUT2D eigenvalue weighted by Crippen LogP contribution is -2.54. The van der Waals surface area contributed by atoms with Crippen LogP contribution in [-0.4, -0.2) is 41.9 Å². The Kier molecular flexibility index (Phi) is 3.69. The second kappa shape index (κ2) is 5.24. The molecule has 0 radical (unpaired) electrons. The summed E-state index contributed by atoms with van der Waals surface area (Å²) in [7, 11) is 0. The number of hydrogen-bond donors (Lipinski definition) is 1. The number of hydrogen-bond acceptors (Lipinski definition) is 4. The van der Waals surface area contributed by atoms with E-state index < -0.39 is 13.0 Å². The van der Waals surface area contributed by atoms with E-state index in [4.69, 9.17) is 0 Å². The van der Waals surface area contributed by atoms with Crippen LogP contribution in [-0.2, 0) is 4.79 Å². The van der Waals surface area contributed by atoms with Crippen molar-refractivity contribution in [1.82, 2.24) is 15.3 Å². The van der Waals surface area contributed by atoms with Crippen molar-refractivity contribution in [1.29, 1.82) is 0 Å². The summed E-state index contributed by atoms with van der Waals surface area (Å²) in [5, 5.41) is 2.22. The summed E-state index contributed by atoms with van der Waals surface area (Å²) in [6, 6.07) is 0. The Morgan fingerprint density at radius 3 is 2.78 bits per heavy atom. The molecular formula is C11H14F2N4O. The summed E-state index contributed by atoms with van der Waals surface area (Å²) in [5.74, 6) is 0.175. The molecule has 0 aliphatic carbocycles. The first-order valence-corrected chi connectivity index (χ1v) is 5.66. The lowest BCUT2D eigenvalue weighted by atomic mass is 9.99. The van der Waals surface area contributed by atoms with Gasteiger partial charge in [0.2, 0.25) is 5.91 Å². The zero-order chi connectivity index (χ0) is 13.1. The molecule has 1 aliphatic heterocycles. The van der Waals surface area contributed by atoms with Crippen LogP contribution in [0.4, 0.5) is 14.6 Å². The second-order valence-corrected chi connectivity index (χ2v) is 4.20. The monoisotopic (exact) mass is 256 g/mol. The van der Waals surface area contributed by atoms with Crippen LogP contribution in [0.5, 0.6) is 0 Å². The van der Waals surface area contributed by atoms with Crippen LogP contribution in [0.15, 0.2) is 12.4 Å². The molecule has 0 unspecified atom stereocenters. The first-order valence-electron chi connectivity index (χ1n) is 5.66. The average Bonchev–Trinajstić information content (AvgIpc) is 2.27. The first kappa shape index (κ1) is 12.7. The third kappa shape index (κ3) is 2.72. The molecule has 0 saturated carbocycles. The van der Waals surface area contributed by atoms with Crippen LogP contribution < -0.4 is 10.2 Å². The van der Waals surface area contributed by atoms with Crippen molar-refractivity contribution in [3.8, 4) is 0 Å². The van der Waals surface area contributed by atoms with E-state index in [-0.39, 0.29) is 11.8 Å². The normalized spacial score (nSPS) is 15.7. The van der Waals surface area contributed by atoms with E-state index in [1.165, 1.54) is 0 Å². The molecule has 5 nitrogen and oxygen atoms in total. The van der Waals surface area contributed by atoms with Crippen LogP contribution in [0, 0.1) is 12.8 Å². The molecule has 1 aliphatic rings. The summed E-state index contributed by atoms with van der Waals surface area (Å²) in [4.78, 5) is 21.7. The fraction of sp³-hybridized carbons (Fsp3) is 0.545. The Balaban J connectivity index is 1.84. The van der Waals surface area contributed by atoms with Gasteiger partial charge in [0.1, 0.15) is 5.82 Å². The number of amides is 1. The molecule has 1 aromatic rings. The number of halogens is 2. The standard InChI is InChI=1S/C11H14F2N4O/c1-7-10(15-3-2-14-7)17-5-8(6-17)11(18)16-4-9(12)13/h2-3,8-9H,4-6H2,1H3,(H,16,18). The number of carbonyl (C=O) groups is 1. The zero-order valence-electron chi connectivity index (χ0n) is 9.94. The number of rotatable bonds is 4. The van der Waals surface area contributed by atoms with Gasteiger partial charge in [-0.2, -0.15) is 0 Å². The largest absolute Gasteiger partial charge is 0.353 e. The third-order valence-electron chi connectivity index (χ3n) is 2.84. The molecule has 1 aromatic heterocycles. The van der Waals surface area contributed by atoms with Crippen LogP contribution in [0.3, 0.4) is 0 Å². The maximum Gasteiger partial charge on any atom is 0.255 e. The maximum absolute atomic E-state index is 11.9. The number of alkyl halides is 2. The Morgan fingerprint density at radius 2 is 2.17 bits per heavy atom. The number of nitrogens with zero attached hydrogens (tertiary/aromatic N) is 3. The van der Waals surface area contributed by atoms with Gasteiger partial charge in [-0.05, 0) is 6.92 Å². The Morgan fingerprint density at radius 1 is 1.50 bits per heavy atom. The highest BCUT2D eigenvalue weighted by molar-refractivity contribution is 5.81. The molecule has 0 bridgehead atoms. The van der Waals surface area contributed by atoms with Gasteiger partial charge in [0, 0.05) is 25.5 Å². The quantitative estimate of drug-likeness (QED) is 0.857. The Hall–Kier alpha value is -1.79. The molecule has 18 heavy (non-hydrogen) atoms. The van der Waals surface area contributed by atoms with Crippen molar-refractivity contribution in [2.45, 2.75) is 13.3 Å². The maximum atomic E-state index is 11.9. The molecule has 1 N–H and O–H groups in total. The van der Waals surface area contributed by atoms with E-state index in [1.807, 2.05) is 11.8 Å². The van der Waals surface area contributed by atoms with Gasteiger partial charge in [-0.3, -0.25) is 9.78 Å². The minimum absolute atomic E-state index is 0.245. The van der Waals surface area contributed by atoms with Gasteiger partial charge in [-0.15, -0.1) is 0 Å². The van der Waals surface area contributed by atoms with Gasteiger partial charge < -0.3 is 10.2 Å². The number of anilines is 1. The van der Waals surface area contributed by atoms with Crippen molar-refractivity contribution in [2.75, 3.05) is 24.5 Å². The molecule has 0 atom stereocenters. The molecule has 1 saturated heterocycles. The van der Waals surface area contributed by atoms with Gasteiger partial charge in [0.15, 0.2) is 0 Å². The van der Waals surface area contributed by atoms with Crippen LogP contribution in [0.2, 0.25) is 0 Å². The minimum Gasteiger partial charge on any atom is -0.353 e. The number of aromatic nitrogens is 2. The lowest BCUT2D eigenvalue weighted by molar-refractivity contribution is -0.126. The fourth-order valence-corrected chi connectivity index (χ4v) is 1.85. The first-order chi connectivity index (χ1) is 8.58. The molecule has 0 aromatic carbocycles. The van der Waals surface area contributed by atoms with E-state index in [0.717, 1.165) is 11.5 Å². The van der Waals surface area contributed by atoms with Crippen LogP contribution in [0.25, 0.3) is 0 Å². The van der Waals surface area contributed by atoms with Gasteiger partial charge >= 0.3 is 0 Å². The minimum atomic E-state index is -2.51. The van der Waals surface area contributed by atoms with Gasteiger partial charge in [-0.25, -0.2) is 13.8 Å². The van der Waals surface area contributed by atoms with E-state index in [0.29, 0.717) is 13.1 Å². The highest BCUT2D eigenvalue weighted by Crippen LogP contribution is 2.24. The predicted molar refractivity (Wildman–Crippen MR) is 61.5 cm³/mol. The van der Waals surface area contributed by atoms with Crippen LogP contribution >= 0.6 is 0 Å². The Labute approximate surface area is 103 Å². The molecule has 2 heterocycles. The van der Waals surface area contributed by atoms with E-state index in [1.54, 1.807) is 12.4 Å². The highest BCUT2D eigenvalue weighted by atomic mass is 19.3. The second-order valence-electron chi connectivity index (χ2n) is 4.20. The zero-order valence-corrected chi connectivity index (χ0v) is 9.94. The number of aryl methyl sites for hydroxylation is 1. The molecule has 1 amide bonds. The smallest absolute Gasteiger partial charge is 0.255 e. The van der Waals surface area contributed by atoms with E-state index in [9.17, 15) is 13.6 Å². The topological polar surface area (TPSA) is 58.1 Å².